The van der Waals surface area contributed by atoms with E-state index in [1.165, 1.54) is 11.3 Å². The van der Waals surface area contributed by atoms with Gasteiger partial charge in [0.1, 0.15) is 16.2 Å². The minimum atomic E-state index is -0.169. The molecule has 6 nitrogen and oxygen atoms in total. The van der Waals surface area contributed by atoms with Gasteiger partial charge in [0, 0.05) is 24.0 Å². The molecule has 0 saturated carbocycles. The Morgan fingerprint density at radius 2 is 2.10 bits per heavy atom. The van der Waals surface area contributed by atoms with E-state index in [-0.39, 0.29) is 5.91 Å². The van der Waals surface area contributed by atoms with Crippen LogP contribution in [0, 0.1) is 0 Å². The number of aromatic nitrogens is 4. The van der Waals surface area contributed by atoms with Crippen LogP contribution in [0.3, 0.4) is 0 Å². The average molecular weight is 299 g/mol. The van der Waals surface area contributed by atoms with Gasteiger partial charge >= 0.3 is 0 Å². The molecule has 0 unspecified atom stereocenters. The number of carbonyl (C=O) groups excluding carboxylic acids is 1. The molecule has 106 valence electrons. The number of benzene rings is 1. The molecule has 21 heavy (non-hydrogen) atoms. The molecule has 0 bridgehead atoms. The molecule has 0 spiro atoms. The number of nitrogens with zero attached hydrogens (tertiary/aromatic N) is 4. The van der Waals surface area contributed by atoms with E-state index >= 15 is 0 Å². The number of rotatable bonds is 4. The minimum absolute atomic E-state index is 0.169. The fourth-order valence-corrected chi connectivity index (χ4v) is 2.53. The number of aryl methyl sites for hydroxylation is 1. The van der Waals surface area contributed by atoms with Crippen LogP contribution in [0.15, 0.2) is 42.0 Å². The highest BCUT2D eigenvalue weighted by Gasteiger charge is 2.11. The summed E-state index contributed by atoms with van der Waals surface area (Å²) in [6.45, 7) is 2.60. The van der Waals surface area contributed by atoms with Gasteiger partial charge in [0.25, 0.3) is 5.91 Å². The molecular formula is C14H13N5OS. The van der Waals surface area contributed by atoms with Crippen LogP contribution in [0.4, 0.5) is 5.69 Å². The van der Waals surface area contributed by atoms with Gasteiger partial charge in [-0.15, -0.1) is 10.2 Å². The van der Waals surface area contributed by atoms with Crippen molar-refractivity contribution in [3.8, 4) is 10.6 Å². The van der Waals surface area contributed by atoms with Crippen molar-refractivity contribution in [1.29, 1.82) is 0 Å². The van der Waals surface area contributed by atoms with Crippen LogP contribution in [0.5, 0.6) is 0 Å². The van der Waals surface area contributed by atoms with E-state index < -0.39 is 0 Å². The maximum atomic E-state index is 12.2. The molecule has 7 heteroatoms. The Morgan fingerprint density at radius 1 is 1.29 bits per heavy atom. The maximum absolute atomic E-state index is 12.2. The van der Waals surface area contributed by atoms with Gasteiger partial charge in [-0.1, -0.05) is 11.3 Å². The van der Waals surface area contributed by atoms with Crippen LogP contribution in [0.1, 0.15) is 17.4 Å². The molecule has 2 heterocycles. The number of amides is 1. The lowest BCUT2D eigenvalue weighted by molar-refractivity contribution is 0.101. The number of nitrogens with one attached hydrogen (secondary N) is 1. The molecular weight excluding hydrogens is 286 g/mol. The van der Waals surface area contributed by atoms with E-state index in [0.29, 0.717) is 12.2 Å². The molecule has 2 aromatic heterocycles. The largest absolute Gasteiger partial charge is 0.321 e. The van der Waals surface area contributed by atoms with Gasteiger partial charge < -0.3 is 5.32 Å². The smallest absolute Gasteiger partial charge is 0.273 e. The Hall–Kier alpha value is -2.54. The topological polar surface area (TPSA) is 72.7 Å². The molecule has 3 aromatic rings. The van der Waals surface area contributed by atoms with E-state index in [1.807, 2.05) is 31.2 Å². The van der Waals surface area contributed by atoms with Gasteiger partial charge in [-0.05, 0) is 37.3 Å². The molecule has 0 aliphatic heterocycles. The number of anilines is 1. The number of hydrogen-bond donors (Lipinski definition) is 1. The Labute approximate surface area is 125 Å². The number of hydrogen-bond acceptors (Lipinski definition) is 5. The van der Waals surface area contributed by atoms with Crippen LogP contribution >= 0.6 is 11.3 Å². The van der Waals surface area contributed by atoms with E-state index in [1.54, 1.807) is 22.5 Å². The van der Waals surface area contributed by atoms with Crippen LogP contribution in [0.2, 0.25) is 0 Å². The van der Waals surface area contributed by atoms with Crippen molar-refractivity contribution < 1.29 is 4.79 Å². The van der Waals surface area contributed by atoms with E-state index in [4.69, 9.17) is 0 Å². The summed E-state index contributed by atoms with van der Waals surface area (Å²) in [5.74, 6) is -0.169. The molecule has 0 aliphatic carbocycles. The Kier molecular flexibility index (Phi) is 3.74. The zero-order valence-corrected chi connectivity index (χ0v) is 12.2. The van der Waals surface area contributed by atoms with Crippen molar-refractivity contribution in [2.45, 2.75) is 13.5 Å². The summed E-state index contributed by atoms with van der Waals surface area (Å²) in [7, 11) is 0. The quantitative estimate of drug-likeness (QED) is 0.804. The van der Waals surface area contributed by atoms with Crippen LogP contribution in [-0.4, -0.2) is 25.9 Å². The standard InChI is InChI=1S/C14H13N5OS/c1-2-19-12(7-8-16-19)13(20)17-11-5-3-10(4-6-11)14-18-15-9-21-14/h3-9H,2H2,1H3,(H,17,20). The molecule has 0 aliphatic rings. The van der Waals surface area contributed by atoms with E-state index in [2.05, 4.69) is 20.6 Å². The fraction of sp³-hybridized carbons (Fsp3) is 0.143. The summed E-state index contributed by atoms with van der Waals surface area (Å²) >= 11 is 1.48. The van der Waals surface area contributed by atoms with Gasteiger partial charge in [-0.25, -0.2) is 0 Å². The summed E-state index contributed by atoms with van der Waals surface area (Å²) in [5, 5.41) is 15.6. The summed E-state index contributed by atoms with van der Waals surface area (Å²) in [6, 6.07) is 9.22. The molecule has 1 aromatic carbocycles. The molecule has 0 saturated heterocycles. The predicted octanol–water partition coefficient (Wildman–Crippen LogP) is 2.67. The highest BCUT2D eigenvalue weighted by molar-refractivity contribution is 7.12. The maximum Gasteiger partial charge on any atom is 0.273 e. The van der Waals surface area contributed by atoms with Gasteiger partial charge in [-0.3, -0.25) is 9.48 Å². The van der Waals surface area contributed by atoms with E-state index in [9.17, 15) is 4.79 Å². The van der Waals surface area contributed by atoms with Crippen LogP contribution in [-0.2, 0) is 6.54 Å². The first kappa shape index (κ1) is 13.4. The zero-order valence-electron chi connectivity index (χ0n) is 11.4. The van der Waals surface area contributed by atoms with E-state index in [0.717, 1.165) is 16.3 Å². The second-order valence-corrected chi connectivity index (χ2v) is 5.14. The average Bonchev–Trinajstić information content (AvgIpc) is 3.19. The van der Waals surface area contributed by atoms with Crippen LogP contribution < -0.4 is 5.32 Å². The van der Waals surface area contributed by atoms with Crippen LogP contribution in [0.25, 0.3) is 10.6 Å². The second-order valence-electron chi connectivity index (χ2n) is 4.31. The van der Waals surface area contributed by atoms with Crippen molar-refractivity contribution >= 4 is 22.9 Å². The summed E-state index contributed by atoms with van der Waals surface area (Å²) in [4.78, 5) is 12.2. The van der Waals surface area contributed by atoms with Crippen molar-refractivity contribution in [2.24, 2.45) is 0 Å². The monoisotopic (exact) mass is 299 g/mol. The Bertz CT molecular complexity index is 733. The van der Waals surface area contributed by atoms with Gasteiger partial charge in [0.2, 0.25) is 0 Å². The third-order valence-corrected chi connectivity index (χ3v) is 3.74. The van der Waals surface area contributed by atoms with Gasteiger partial charge in [-0.2, -0.15) is 5.10 Å². The normalized spacial score (nSPS) is 10.5. The predicted molar refractivity (Wildman–Crippen MR) is 81.2 cm³/mol. The van der Waals surface area contributed by atoms with Crippen molar-refractivity contribution in [3.63, 3.8) is 0 Å². The summed E-state index contributed by atoms with van der Waals surface area (Å²) in [5.41, 5.74) is 3.95. The Balaban J connectivity index is 1.75. The zero-order chi connectivity index (χ0) is 14.7. The van der Waals surface area contributed by atoms with Gasteiger partial charge in [0.05, 0.1) is 0 Å². The van der Waals surface area contributed by atoms with Crippen molar-refractivity contribution in [2.75, 3.05) is 5.32 Å². The highest BCUT2D eigenvalue weighted by atomic mass is 32.1. The van der Waals surface area contributed by atoms with Crippen molar-refractivity contribution in [1.82, 2.24) is 20.0 Å². The minimum Gasteiger partial charge on any atom is -0.321 e. The van der Waals surface area contributed by atoms with Gasteiger partial charge in [0.15, 0.2) is 0 Å². The van der Waals surface area contributed by atoms with Crippen molar-refractivity contribution in [3.05, 3.63) is 47.7 Å². The molecule has 1 amide bonds. The Morgan fingerprint density at radius 3 is 2.76 bits per heavy atom. The number of carbonyl (C=O) groups is 1. The lowest BCUT2D eigenvalue weighted by Gasteiger charge is -2.07. The highest BCUT2D eigenvalue weighted by Crippen LogP contribution is 2.22. The molecule has 3 rings (SSSR count). The molecule has 0 atom stereocenters. The SMILES string of the molecule is CCn1nccc1C(=O)Nc1ccc(-c2nncs2)cc1. The first-order valence-electron chi connectivity index (χ1n) is 6.47. The third-order valence-electron chi connectivity index (χ3n) is 3.00. The summed E-state index contributed by atoms with van der Waals surface area (Å²) < 4.78 is 1.66. The molecule has 0 radical (unpaired) electrons. The lowest BCUT2D eigenvalue weighted by atomic mass is 10.2. The first-order chi connectivity index (χ1) is 10.3. The second kappa shape index (κ2) is 5.84. The first-order valence-corrected chi connectivity index (χ1v) is 7.35. The molecule has 0 fully saturated rings. The molecule has 1 N–H and O–H groups in total. The fourth-order valence-electron chi connectivity index (χ4n) is 1.97. The third kappa shape index (κ3) is 2.82. The lowest BCUT2D eigenvalue weighted by Crippen LogP contribution is -2.17. The summed E-state index contributed by atoms with van der Waals surface area (Å²) in [6.07, 6.45) is 1.62.